The van der Waals surface area contributed by atoms with Crippen LogP contribution in [0.5, 0.6) is 0 Å². The molecule has 0 bridgehead atoms. The van der Waals surface area contributed by atoms with E-state index >= 15 is 0 Å². The molecule has 1 aromatic rings. The molecule has 0 aliphatic carbocycles. The third-order valence-electron chi connectivity index (χ3n) is 4.77. The summed E-state index contributed by atoms with van der Waals surface area (Å²) in [4.78, 5) is 69.1. The lowest BCUT2D eigenvalue weighted by atomic mass is 9.87. The predicted octanol–water partition coefficient (Wildman–Crippen LogP) is 1.62. The Morgan fingerprint density at radius 1 is 0.405 bits per heavy atom. The topological polar surface area (TPSA) is 158 Å². The summed E-state index contributed by atoms with van der Waals surface area (Å²) in [6.45, 7) is 5.18. The monoisotopic (exact) mass is 582 g/mol. The Labute approximate surface area is 243 Å². The molecule has 0 saturated heterocycles. The maximum absolute atomic E-state index is 11.8. The van der Waals surface area contributed by atoms with E-state index in [0.29, 0.717) is 0 Å². The number of carbonyl (C=O) groups excluding carboxylic acids is 6. The van der Waals surface area contributed by atoms with Gasteiger partial charge in [-0.15, -0.1) is 0 Å². The molecule has 222 valence electrons. The molecule has 1 aromatic carbocycles. The smallest absolute Gasteiger partial charge is 0.303 e. The van der Waals surface area contributed by atoms with Crippen LogP contribution in [0.4, 0.5) is 0 Å². The molecule has 12 nitrogen and oxygen atoms in total. The maximum atomic E-state index is 11.8. The van der Waals surface area contributed by atoms with Crippen molar-refractivity contribution in [3.63, 3.8) is 0 Å². The van der Waals surface area contributed by atoms with Gasteiger partial charge in [-0.05, 0) is 0 Å². The lowest BCUT2D eigenvalue weighted by molar-refractivity contribution is -0.144. The van der Waals surface area contributed by atoms with Crippen LogP contribution in [0.25, 0.3) is 0 Å². The van der Waals surface area contributed by atoms with Gasteiger partial charge in [-0.2, -0.15) is 0 Å². The normalized spacial score (nSPS) is 9.29. The molecule has 0 aliphatic heterocycles. The number of rotatable bonds is 9. The average molecular weight is 583 g/mol. The third kappa shape index (κ3) is 13.2. The summed E-state index contributed by atoms with van der Waals surface area (Å²) in [7, 11) is 0. The molecule has 0 N–H and O–H groups in total. The molecule has 0 saturated carbocycles. The summed E-state index contributed by atoms with van der Waals surface area (Å²) in [6, 6.07) is 0. The summed E-state index contributed by atoms with van der Waals surface area (Å²) in [6.07, 6.45) is 0. The van der Waals surface area contributed by atoms with Crippen molar-refractivity contribution >= 4 is 35.8 Å². The number of carbonyl (C=O) groups is 6. The van der Waals surface area contributed by atoms with Crippen LogP contribution in [-0.2, 0) is 77.0 Å². The van der Waals surface area contributed by atoms with Crippen LogP contribution in [-0.4, -0.2) is 55.6 Å². The highest BCUT2D eigenvalue weighted by atomic mass is 16.5. The van der Waals surface area contributed by atoms with Gasteiger partial charge < -0.3 is 28.4 Å². The molecule has 0 aromatic heterocycles. The van der Waals surface area contributed by atoms with Crippen molar-refractivity contribution < 1.29 is 57.2 Å². The van der Waals surface area contributed by atoms with Gasteiger partial charge >= 0.3 is 35.8 Å². The minimum absolute atomic E-state index is 0.142. The zero-order valence-electron chi connectivity index (χ0n) is 24.1. The number of benzene rings is 1. The minimum atomic E-state index is -0.637. The Bertz CT molecular complexity index is 1340. The predicted molar refractivity (Wildman–Crippen MR) is 143 cm³/mol. The van der Waals surface area contributed by atoms with E-state index in [4.69, 9.17) is 28.4 Å². The molecule has 0 radical (unpaired) electrons. The zero-order valence-corrected chi connectivity index (χ0v) is 24.1. The van der Waals surface area contributed by atoms with Crippen molar-refractivity contribution in [3.05, 3.63) is 33.4 Å². The molecule has 0 amide bonds. The van der Waals surface area contributed by atoms with Crippen molar-refractivity contribution in [3.8, 4) is 35.5 Å². The number of hydrogen-bond donors (Lipinski definition) is 0. The lowest BCUT2D eigenvalue weighted by Crippen LogP contribution is -2.16. The van der Waals surface area contributed by atoms with E-state index in [-0.39, 0.29) is 73.0 Å². The van der Waals surface area contributed by atoms with Crippen LogP contribution >= 0.6 is 0 Å². The highest BCUT2D eigenvalue weighted by Crippen LogP contribution is 2.30. The van der Waals surface area contributed by atoms with Crippen LogP contribution in [0.15, 0.2) is 0 Å². The fraction of sp³-hybridized carbons (Fsp3) is 0.400. The molecular weight excluding hydrogens is 552 g/mol. The van der Waals surface area contributed by atoms with Crippen molar-refractivity contribution in [1.29, 1.82) is 0 Å². The highest BCUT2D eigenvalue weighted by molar-refractivity contribution is 5.72. The van der Waals surface area contributed by atoms with E-state index in [9.17, 15) is 28.8 Å². The van der Waals surface area contributed by atoms with E-state index in [1.807, 2.05) is 0 Å². The van der Waals surface area contributed by atoms with Crippen LogP contribution in [0.1, 0.15) is 74.9 Å². The highest BCUT2D eigenvalue weighted by Gasteiger charge is 2.24. The quantitative estimate of drug-likeness (QED) is 0.236. The van der Waals surface area contributed by atoms with E-state index in [1.54, 1.807) is 0 Å². The summed E-state index contributed by atoms with van der Waals surface area (Å²) >= 11 is 0. The first kappa shape index (κ1) is 34.7. The molecule has 42 heavy (non-hydrogen) atoms. The van der Waals surface area contributed by atoms with Crippen LogP contribution in [0.3, 0.4) is 0 Å². The Hall–Kier alpha value is -5.28. The largest absolute Gasteiger partial charge is 0.461 e. The minimum Gasteiger partial charge on any atom is -0.461 e. The molecule has 0 aliphatic rings. The molecule has 0 fully saturated rings. The van der Waals surface area contributed by atoms with Crippen molar-refractivity contribution in [1.82, 2.24) is 0 Å². The van der Waals surface area contributed by atoms with Gasteiger partial charge in [0.25, 0.3) is 0 Å². The van der Waals surface area contributed by atoms with Crippen LogP contribution < -0.4 is 0 Å². The van der Waals surface area contributed by atoms with Crippen LogP contribution in [0, 0.1) is 35.5 Å². The summed E-state index contributed by atoms with van der Waals surface area (Å²) in [5.41, 5.74) is 1.20. The van der Waals surface area contributed by atoms with Gasteiger partial charge in [-0.25, -0.2) is 0 Å². The van der Waals surface area contributed by atoms with Crippen molar-refractivity contribution in [2.75, 3.05) is 19.8 Å². The molecular formula is C30H30O12. The van der Waals surface area contributed by atoms with Gasteiger partial charge in [0.05, 0.1) is 5.56 Å². The molecule has 12 heteroatoms. The second-order valence-electron chi connectivity index (χ2n) is 8.15. The Kier molecular flexibility index (Phi) is 15.0. The first-order valence-electron chi connectivity index (χ1n) is 12.3. The second-order valence-corrected chi connectivity index (χ2v) is 8.15. The third-order valence-corrected chi connectivity index (χ3v) is 4.77. The number of hydrogen-bond acceptors (Lipinski definition) is 12. The Morgan fingerprint density at radius 3 is 0.952 bits per heavy atom. The van der Waals surface area contributed by atoms with E-state index in [0.717, 1.165) is 0 Å². The van der Waals surface area contributed by atoms with Crippen molar-refractivity contribution in [2.24, 2.45) is 0 Å². The zero-order chi connectivity index (χ0) is 31.7. The van der Waals surface area contributed by atoms with Gasteiger partial charge in [0.2, 0.25) is 0 Å². The summed E-state index contributed by atoms with van der Waals surface area (Å²) in [5.74, 6) is 13.0. The molecule has 0 unspecified atom stereocenters. The first-order valence-corrected chi connectivity index (χ1v) is 12.3. The molecule has 0 heterocycles. The molecule has 0 atom stereocenters. The van der Waals surface area contributed by atoms with Crippen LogP contribution in [0.2, 0.25) is 0 Å². The Balaban J connectivity index is 4.24. The van der Waals surface area contributed by atoms with E-state index < -0.39 is 35.8 Å². The maximum Gasteiger partial charge on any atom is 0.303 e. The number of esters is 6. The lowest BCUT2D eigenvalue weighted by Gasteiger charge is -2.21. The van der Waals surface area contributed by atoms with Gasteiger partial charge in [0.15, 0.2) is 19.8 Å². The first-order chi connectivity index (χ1) is 19.8. The standard InChI is InChI=1S/C30H30O12/c1-19(31)37-13-7-10-25-26(11-8-14-38-20(2)32)28(16-40-22(4)34)30(18-42-24(6)36)29(17-41-23(5)35)27(25)12-9-15-39-21(3)33/h13-18H2,1-6H3. The fourth-order valence-electron chi connectivity index (χ4n) is 3.11. The van der Waals surface area contributed by atoms with Crippen molar-refractivity contribution in [2.45, 2.75) is 61.4 Å². The summed E-state index contributed by atoms with van der Waals surface area (Å²) in [5, 5.41) is 0. The molecule has 0 spiro atoms. The SMILES string of the molecule is CC(=O)OCC#Cc1c(C#CCOC(C)=O)c(COC(C)=O)c(COC(C)=O)c(COC(C)=O)c1C#CCOC(C)=O. The summed E-state index contributed by atoms with van der Waals surface area (Å²) < 4.78 is 30.5. The Morgan fingerprint density at radius 2 is 0.667 bits per heavy atom. The second kappa shape index (κ2) is 18.1. The van der Waals surface area contributed by atoms with E-state index in [1.165, 1.54) is 41.5 Å². The van der Waals surface area contributed by atoms with Gasteiger partial charge in [-0.1, -0.05) is 35.5 Å². The van der Waals surface area contributed by atoms with Gasteiger partial charge in [0.1, 0.15) is 19.8 Å². The average Bonchev–Trinajstić information content (AvgIpc) is 2.88. The van der Waals surface area contributed by atoms with E-state index in [2.05, 4.69) is 35.5 Å². The van der Waals surface area contributed by atoms with Gasteiger partial charge in [-0.3, -0.25) is 28.8 Å². The molecule has 1 rings (SSSR count). The fourth-order valence-corrected chi connectivity index (χ4v) is 3.11. The number of ether oxygens (including phenoxy) is 6. The van der Waals surface area contributed by atoms with Gasteiger partial charge in [0, 0.05) is 69.4 Å².